The number of aryl methyl sites for hydroxylation is 3. The van der Waals surface area contributed by atoms with Crippen molar-refractivity contribution in [3.63, 3.8) is 0 Å². The fourth-order valence-electron chi connectivity index (χ4n) is 7.14. The van der Waals surface area contributed by atoms with Crippen LogP contribution in [0.2, 0.25) is 0 Å². The lowest BCUT2D eigenvalue weighted by Crippen LogP contribution is -2.10. The molecule has 0 spiro atoms. The van der Waals surface area contributed by atoms with Crippen molar-refractivity contribution in [1.82, 2.24) is 0 Å². The summed E-state index contributed by atoms with van der Waals surface area (Å²) in [4.78, 5) is 4.65. The van der Waals surface area contributed by atoms with E-state index >= 15 is 0 Å². The van der Waals surface area contributed by atoms with Gasteiger partial charge in [-0.15, -0.1) is 0 Å². The van der Waals surface area contributed by atoms with Gasteiger partial charge in [0.2, 0.25) is 0 Å². The van der Waals surface area contributed by atoms with Crippen molar-refractivity contribution in [3.05, 3.63) is 217 Å². The van der Waals surface area contributed by atoms with E-state index in [0.717, 1.165) is 34.1 Å². The lowest BCUT2D eigenvalue weighted by molar-refractivity contribution is 1.27. The number of nitrogens with zero attached hydrogens (tertiary/aromatic N) is 2. The van der Waals surface area contributed by atoms with E-state index in [0.29, 0.717) is 0 Å². The van der Waals surface area contributed by atoms with E-state index in [2.05, 4.69) is 231 Å². The van der Waals surface area contributed by atoms with Gasteiger partial charge in [0.05, 0.1) is 0 Å². The van der Waals surface area contributed by atoms with Crippen LogP contribution in [0.1, 0.15) is 16.7 Å². The van der Waals surface area contributed by atoms with Crippen molar-refractivity contribution in [2.45, 2.75) is 20.8 Å². The fourth-order valence-corrected chi connectivity index (χ4v) is 7.14. The molecular formula is C51H42N2. The van der Waals surface area contributed by atoms with Crippen molar-refractivity contribution in [3.8, 4) is 33.4 Å². The molecule has 53 heavy (non-hydrogen) atoms. The molecule has 0 aliphatic carbocycles. The molecule has 0 saturated heterocycles. The molecular weight excluding hydrogens is 641 g/mol. The molecule has 8 aromatic carbocycles. The predicted molar refractivity (Wildman–Crippen MR) is 226 cm³/mol. The highest BCUT2D eigenvalue weighted by atomic mass is 15.1. The van der Waals surface area contributed by atoms with E-state index in [-0.39, 0.29) is 0 Å². The Morgan fingerprint density at radius 3 is 1.21 bits per heavy atom. The second-order valence-electron chi connectivity index (χ2n) is 13.7. The molecule has 256 valence electrons. The number of hydrogen-bond acceptors (Lipinski definition) is 2. The van der Waals surface area contributed by atoms with Gasteiger partial charge in [-0.1, -0.05) is 127 Å². The van der Waals surface area contributed by atoms with E-state index in [9.17, 15) is 0 Å². The Morgan fingerprint density at radius 1 is 0.264 bits per heavy atom. The lowest BCUT2D eigenvalue weighted by Gasteiger charge is -2.27. The van der Waals surface area contributed by atoms with Crippen molar-refractivity contribution in [2.75, 3.05) is 9.80 Å². The first kappa shape index (κ1) is 33.5. The highest BCUT2D eigenvalue weighted by Crippen LogP contribution is 2.40. The molecule has 8 rings (SSSR count). The first-order valence-electron chi connectivity index (χ1n) is 18.3. The summed E-state index contributed by atoms with van der Waals surface area (Å²) in [6, 6.07) is 72.0. The summed E-state index contributed by atoms with van der Waals surface area (Å²) < 4.78 is 0. The molecule has 0 unspecified atom stereocenters. The van der Waals surface area contributed by atoms with E-state index in [1.54, 1.807) is 0 Å². The third kappa shape index (κ3) is 7.13. The summed E-state index contributed by atoms with van der Waals surface area (Å²) in [5.41, 5.74) is 17.8. The summed E-state index contributed by atoms with van der Waals surface area (Å²) in [5, 5.41) is 0. The van der Waals surface area contributed by atoms with Gasteiger partial charge in [-0.3, -0.25) is 0 Å². The van der Waals surface area contributed by atoms with Crippen molar-refractivity contribution < 1.29 is 0 Å². The molecule has 0 aliphatic heterocycles. The molecule has 2 heteroatoms. The van der Waals surface area contributed by atoms with E-state index in [1.807, 2.05) is 0 Å². The van der Waals surface area contributed by atoms with Gasteiger partial charge in [-0.25, -0.2) is 0 Å². The summed E-state index contributed by atoms with van der Waals surface area (Å²) in [6.07, 6.45) is 0. The predicted octanol–water partition coefficient (Wildman–Crippen LogP) is 14.6. The molecule has 0 fully saturated rings. The molecule has 0 atom stereocenters. The smallest absolute Gasteiger partial charge is 0.0467 e. The van der Waals surface area contributed by atoms with Crippen LogP contribution in [-0.4, -0.2) is 0 Å². The Labute approximate surface area is 313 Å². The molecule has 0 amide bonds. The van der Waals surface area contributed by atoms with Gasteiger partial charge < -0.3 is 9.80 Å². The normalized spacial score (nSPS) is 10.9. The zero-order valence-electron chi connectivity index (χ0n) is 30.4. The second kappa shape index (κ2) is 14.9. The Kier molecular flexibility index (Phi) is 9.43. The number of anilines is 6. The molecule has 0 bridgehead atoms. The summed E-state index contributed by atoms with van der Waals surface area (Å²) in [6.45, 7) is 6.51. The second-order valence-corrected chi connectivity index (χ2v) is 13.7. The molecule has 0 aromatic heterocycles. The van der Waals surface area contributed by atoms with Crippen LogP contribution in [-0.2, 0) is 0 Å². The van der Waals surface area contributed by atoms with Gasteiger partial charge in [0.25, 0.3) is 0 Å². The first-order valence-corrected chi connectivity index (χ1v) is 18.3. The minimum Gasteiger partial charge on any atom is -0.311 e. The molecule has 8 aromatic rings. The van der Waals surface area contributed by atoms with Gasteiger partial charge in [0, 0.05) is 34.1 Å². The van der Waals surface area contributed by atoms with Gasteiger partial charge >= 0.3 is 0 Å². The molecule has 2 nitrogen and oxygen atoms in total. The van der Waals surface area contributed by atoms with Crippen LogP contribution in [0.3, 0.4) is 0 Å². The topological polar surface area (TPSA) is 6.48 Å². The van der Waals surface area contributed by atoms with Crippen molar-refractivity contribution in [1.29, 1.82) is 0 Å². The minimum absolute atomic E-state index is 1.11. The highest BCUT2D eigenvalue weighted by Gasteiger charge is 2.16. The molecule has 0 saturated carbocycles. The Morgan fingerprint density at radius 2 is 0.679 bits per heavy atom. The zero-order valence-corrected chi connectivity index (χ0v) is 30.4. The standard InChI is InChI=1S/C51H42N2/c1-37-21-28-46(29-22-37)52(44-16-6-4-7-17-44)47-31-24-40(25-32-47)42-14-12-15-43(35-42)41-26-33-48(34-27-41)53(45-18-8-5-9-19-45)49-30-23-39(3)51(36-49)50-20-11-10-13-38(50)2/h4-36H,1-3H3. The van der Waals surface area contributed by atoms with Gasteiger partial charge in [-0.05, 0) is 144 Å². The number of rotatable bonds is 9. The van der Waals surface area contributed by atoms with Crippen LogP contribution in [0.4, 0.5) is 34.1 Å². The Hall–Kier alpha value is -6.64. The zero-order chi connectivity index (χ0) is 36.1. The van der Waals surface area contributed by atoms with Crippen molar-refractivity contribution >= 4 is 34.1 Å². The average molecular weight is 683 g/mol. The van der Waals surface area contributed by atoms with Crippen LogP contribution in [0.5, 0.6) is 0 Å². The van der Waals surface area contributed by atoms with Crippen LogP contribution >= 0.6 is 0 Å². The van der Waals surface area contributed by atoms with E-state index < -0.39 is 0 Å². The fraction of sp³-hybridized carbons (Fsp3) is 0.0588. The van der Waals surface area contributed by atoms with Crippen molar-refractivity contribution in [2.24, 2.45) is 0 Å². The van der Waals surface area contributed by atoms with Crippen LogP contribution in [0.15, 0.2) is 200 Å². The van der Waals surface area contributed by atoms with Gasteiger partial charge in [-0.2, -0.15) is 0 Å². The highest BCUT2D eigenvalue weighted by molar-refractivity contribution is 5.84. The maximum Gasteiger partial charge on any atom is 0.0467 e. The van der Waals surface area contributed by atoms with E-state index in [4.69, 9.17) is 0 Å². The first-order chi connectivity index (χ1) is 26.0. The Bertz CT molecular complexity index is 2450. The van der Waals surface area contributed by atoms with Gasteiger partial charge in [0.1, 0.15) is 0 Å². The lowest BCUT2D eigenvalue weighted by atomic mass is 9.95. The third-order valence-corrected chi connectivity index (χ3v) is 10.0. The Balaban J connectivity index is 1.09. The largest absolute Gasteiger partial charge is 0.311 e. The maximum absolute atomic E-state index is 2.35. The maximum atomic E-state index is 2.35. The monoisotopic (exact) mass is 682 g/mol. The number of benzene rings is 8. The molecule has 0 aliphatic rings. The van der Waals surface area contributed by atoms with Crippen LogP contribution in [0, 0.1) is 20.8 Å². The van der Waals surface area contributed by atoms with Crippen LogP contribution < -0.4 is 9.80 Å². The van der Waals surface area contributed by atoms with E-state index in [1.165, 1.54) is 50.1 Å². The number of hydrogen-bond donors (Lipinski definition) is 0. The molecule has 0 heterocycles. The summed E-state index contributed by atoms with van der Waals surface area (Å²) >= 11 is 0. The summed E-state index contributed by atoms with van der Waals surface area (Å²) in [5.74, 6) is 0. The number of para-hydroxylation sites is 2. The van der Waals surface area contributed by atoms with Gasteiger partial charge in [0.15, 0.2) is 0 Å². The average Bonchev–Trinajstić information content (AvgIpc) is 3.21. The molecule has 0 N–H and O–H groups in total. The quantitative estimate of drug-likeness (QED) is 0.149. The van der Waals surface area contributed by atoms with Crippen LogP contribution in [0.25, 0.3) is 33.4 Å². The molecule has 0 radical (unpaired) electrons. The SMILES string of the molecule is Cc1ccc(N(c2ccccc2)c2ccc(-c3cccc(-c4ccc(N(c5ccccc5)c5ccc(C)c(-c6ccccc6C)c5)cc4)c3)cc2)cc1. The third-order valence-electron chi connectivity index (χ3n) is 10.0. The minimum atomic E-state index is 1.11. The summed E-state index contributed by atoms with van der Waals surface area (Å²) in [7, 11) is 0.